The molecule has 0 bridgehead atoms. The van der Waals surface area contributed by atoms with Crippen molar-refractivity contribution < 1.29 is 28.6 Å². The van der Waals surface area contributed by atoms with Crippen LogP contribution in [0.25, 0.3) is 10.9 Å². The minimum absolute atomic E-state index is 0.0617. The molecule has 1 saturated heterocycles. The molecular weight excluding hydrogens is 507 g/mol. The molecule has 2 aromatic heterocycles. The van der Waals surface area contributed by atoms with Crippen LogP contribution in [-0.4, -0.2) is 77.1 Å². The van der Waals surface area contributed by atoms with Gasteiger partial charge in [0.05, 0.1) is 19.2 Å². The van der Waals surface area contributed by atoms with Crippen molar-refractivity contribution in [1.29, 1.82) is 0 Å². The van der Waals surface area contributed by atoms with Crippen LogP contribution in [-0.2, 0) is 24.8 Å². The molecule has 0 spiro atoms. The van der Waals surface area contributed by atoms with E-state index in [9.17, 15) is 18.8 Å². The van der Waals surface area contributed by atoms with Gasteiger partial charge in [0.1, 0.15) is 31.0 Å². The van der Waals surface area contributed by atoms with E-state index in [1.165, 1.54) is 0 Å². The molecule has 0 atom stereocenters. The van der Waals surface area contributed by atoms with Gasteiger partial charge >= 0.3 is 0 Å². The summed E-state index contributed by atoms with van der Waals surface area (Å²) in [5.41, 5.74) is 2.05. The van der Waals surface area contributed by atoms with Crippen LogP contribution in [0.4, 0.5) is 4.39 Å². The van der Waals surface area contributed by atoms with Crippen molar-refractivity contribution in [2.24, 2.45) is 7.05 Å². The number of ether oxygens (including phenoxy) is 2. The number of aromatic nitrogens is 2. The number of benzene rings is 1. The lowest BCUT2D eigenvalue weighted by Crippen LogP contribution is -2.47. The predicted octanol–water partition coefficient (Wildman–Crippen LogP) is 2.02. The molecule has 0 radical (unpaired) electrons. The number of aliphatic hydroxyl groups excluding tert-OH is 1. The van der Waals surface area contributed by atoms with Gasteiger partial charge < -0.3 is 33.9 Å². The van der Waals surface area contributed by atoms with E-state index in [1.807, 2.05) is 37.3 Å². The van der Waals surface area contributed by atoms with Gasteiger partial charge in [-0.15, -0.1) is 0 Å². The predicted molar refractivity (Wildman–Crippen MR) is 144 cm³/mol. The maximum Gasteiger partial charge on any atom is 0.272 e. The Hall–Kier alpha value is -3.86. The summed E-state index contributed by atoms with van der Waals surface area (Å²) >= 11 is 0. The SMILES string of the molecule is CCc1cc2c(c(OCCF)c(C(=O)NC3CCN(C(=O)CO)CC3)n2C)c(=O)n1Cc1ccc(OC)cc1. The van der Waals surface area contributed by atoms with E-state index in [0.717, 1.165) is 11.3 Å². The third-order valence-corrected chi connectivity index (χ3v) is 7.22. The minimum atomic E-state index is -0.776. The van der Waals surface area contributed by atoms with Crippen LogP contribution in [0.15, 0.2) is 35.1 Å². The van der Waals surface area contributed by atoms with E-state index in [2.05, 4.69) is 5.32 Å². The number of carbonyl (C=O) groups excluding carboxylic acids is 2. The zero-order valence-corrected chi connectivity index (χ0v) is 22.5. The van der Waals surface area contributed by atoms with Crippen LogP contribution in [0.5, 0.6) is 11.5 Å². The number of pyridine rings is 1. The zero-order valence-electron chi connectivity index (χ0n) is 22.5. The number of likely N-dealkylation sites (tertiary alicyclic amines) is 1. The summed E-state index contributed by atoms with van der Waals surface area (Å²) in [7, 11) is 3.28. The first-order valence-electron chi connectivity index (χ1n) is 13.1. The third-order valence-electron chi connectivity index (χ3n) is 7.22. The van der Waals surface area contributed by atoms with Gasteiger partial charge in [-0.05, 0) is 43.0 Å². The monoisotopic (exact) mass is 542 g/mol. The summed E-state index contributed by atoms with van der Waals surface area (Å²) in [6, 6.07) is 9.10. The number of nitrogens with one attached hydrogen (secondary N) is 1. The van der Waals surface area contributed by atoms with E-state index in [-0.39, 0.29) is 40.9 Å². The lowest BCUT2D eigenvalue weighted by atomic mass is 10.0. The van der Waals surface area contributed by atoms with Gasteiger partial charge in [-0.25, -0.2) is 4.39 Å². The van der Waals surface area contributed by atoms with Crippen molar-refractivity contribution in [1.82, 2.24) is 19.4 Å². The minimum Gasteiger partial charge on any atom is -0.497 e. The third kappa shape index (κ3) is 5.78. The number of fused-ring (bicyclic) bond motifs is 1. The summed E-state index contributed by atoms with van der Waals surface area (Å²) < 4.78 is 27.4. The molecule has 0 saturated carbocycles. The summed E-state index contributed by atoms with van der Waals surface area (Å²) in [5.74, 6) is -0.00287. The van der Waals surface area contributed by atoms with Crippen LogP contribution in [0.1, 0.15) is 41.5 Å². The molecule has 1 fully saturated rings. The van der Waals surface area contributed by atoms with Gasteiger partial charge in [0.2, 0.25) is 5.91 Å². The van der Waals surface area contributed by atoms with Gasteiger partial charge in [0.25, 0.3) is 11.5 Å². The fourth-order valence-electron chi connectivity index (χ4n) is 5.10. The summed E-state index contributed by atoms with van der Waals surface area (Å²) in [6.45, 7) is 1.48. The van der Waals surface area contributed by atoms with Crippen molar-refractivity contribution in [3.05, 3.63) is 57.6 Å². The molecular formula is C28H35FN4O6. The van der Waals surface area contributed by atoms with Crippen LogP contribution in [0.2, 0.25) is 0 Å². The standard InChI is InChI=1S/C28H35FN4O6/c1-4-20-15-22-24(28(37)33(20)16-18-5-7-21(38-3)8-6-18)26(39-14-11-29)25(31(22)2)27(36)30-19-9-12-32(13-10-19)23(35)17-34/h5-8,15,19,34H,4,9-14,16-17H2,1-3H3,(H,30,36). The van der Waals surface area contributed by atoms with E-state index < -0.39 is 19.2 Å². The molecule has 2 amide bonds. The van der Waals surface area contributed by atoms with Crippen LogP contribution >= 0.6 is 0 Å². The average molecular weight is 543 g/mol. The Balaban J connectivity index is 1.71. The molecule has 10 nitrogen and oxygen atoms in total. The Morgan fingerprint density at radius 1 is 1.18 bits per heavy atom. The second-order valence-electron chi connectivity index (χ2n) is 9.55. The number of aliphatic hydroxyl groups is 1. The highest BCUT2D eigenvalue weighted by Crippen LogP contribution is 2.32. The smallest absolute Gasteiger partial charge is 0.272 e. The normalized spacial score (nSPS) is 14.0. The number of amides is 2. The summed E-state index contributed by atoms with van der Waals surface area (Å²) in [4.78, 5) is 40.7. The maximum absolute atomic E-state index is 13.9. The lowest BCUT2D eigenvalue weighted by molar-refractivity contribution is -0.135. The number of hydrogen-bond donors (Lipinski definition) is 2. The largest absolute Gasteiger partial charge is 0.497 e. The first kappa shape index (κ1) is 28.2. The molecule has 2 N–H and O–H groups in total. The Morgan fingerprint density at radius 2 is 1.87 bits per heavy atom. The second kappa shape index (κ2) is 12.3. The first-order chi connectivity index (χ1) is 18.8. The van der Waals surface area contributed by atoms with Crippen LogP contribution in [0, 0.1) is 0 Å². The van der Waals surface area contributed by atoms with Gasteiger partial charge in [-0.1, -0.05) is 19.1 Å². The number of alkyl halides is 1. The number of piperidine rings is 1. The number of rotatable bonds is 10. The number of halogens is 1. The van der Waals surface area contributed by atoms with Crippen LogP contribution in [0.3, 0.4) is 0 Å². The highest BCUT2D eigenvalue weighted by Gasteiger charge is 2.29. The quantitative estimate of drug-likeness (QED) is 0.405. The van der Waals surface area contributed by atoms with E-state index in [0.29, 0.717) is 50.2 Å². The zero-order chi connectivity index (χ0) is 28.1. The Bertz CT molecular complexity index is 1390. The molecule has 4 rings (SSSR count). The van der Waals surface area contributed by atoms with Gasteiger partial charge in [0.15, 0.2) is 11.4 Å². The van der Waals surface area contributed by atoms with E-state index >= 15 is 0 Å². The van der Waals surface area contributed by atoms with Crippen LogP contribution < -0.4 is 20.3 Å². The van der Waals surface area contributed by atoms with Crippen molar-refractivity contribution >= 4 is 22.7 Å². The Morgan fingerprint density at radius 3 is 2.46 bits per heavy atom. The van der Waals surface area contributed by atoms with E-state index in [1.54, 1.807) is 28.2 Å². The number of hydrogen-bond acceptors (Lipinski definition) is 6. The first-order valence-corrected chi connectivity index (χ1v) is 13.1. The maximum atomic E-state index is 13.9. The molecule has 3 heterocycles. The number of methoxy groups -OCH3 is 1. The molecule has 39 heavy (non-hydrogen) atoms. The van der Waals surface area contributed by atoms with Gasteiger partial charge in [-0.2, -0.15) is 0 Å². The number of carbonyl (C=O) groups is 2. The molecule has 0 aliphatic carbocycles. The highest BCUT2D eigenvalue weighted by molar-refractivity contribution is 6.04. The summed E-state index contributed by atoms with van der Waals surface area (Å²) in [6.07, 6.45) is 1.63. The number of nitrogens with zero attached hydrogens (tertiary/aromatic N) is 3. The fourth-order valence-corrected chi connectivity index (χ4v) is 5.10. The van der Waals surface area contributed by atoms with Crippen molar-refractivity contribution in [2.45, 2.75) is 38.8 Å². The molecule has 210 valence electrons. The van der Waals surface area contributed by atoms with Crippen molar-refractivity contribution in [2.75, 3.05) is 40.1 Å². The fraction of sp³-hybridized carbons (Fsp3) is 0.464. The molecule has 0 unspecified atom stereocenters. The Labute approximate surface area is 225 Å². The topological polar surface area (TPSA) is 115 Å². The molecule has 1 aliphatic rings. The molecule has 1 aliphatic heterocycles. The number of aryl methyl sites for hydroxylation is 2. The average Bonchev–Trinajstić information content (AvgIpc) is 3.24. The van der Waals surface area contributed by atoms with E-state index in [4.69, 9.17) is 14.6 Å². The van der Waals surface area contributed by atoms with Crippen molar-refractivity contribution in [3.8, 4) is 11.5 Å². The molecule has 3 aromatic rings. The molecule has 11 heteroatoms. The van der Waals surface area contributed by atoms with Gasteiger partial charge in [0, 0.05) is 31.9 Å². The van der Waals surface area contributed by atoms with Gasteiger partial charge in [-0.3, -0.25) is 14.4 Å². The molecule has 1 aromatic carbocycles. The lowest BCUT2D eigenvalue weighted by Gasteiger charge is -2.32. The summed E-state index contributed by atoms with van der Waals surface area (Å²) in [5, 5.41) is 12.3. The van der Waals surface area contributed by atoms with Crippen molar-refractivity contribution in [3.63, 3.8) is 0 Å². The highest BCUT2D eigenvalue weighted by atomic mass is 19.1. The Kier molecular flexibility index (Phi) is 8.90. The second-order valence-corrected chi connectivity index (χ2v) is 9.55.